The van der Waals surface area contributed by atoms with Gasteiger partial charge in [0.15, 0.2) is 0 Å². The highest BCUT2D eigenvalue weighted by molar-refractivity contribution is 5.69. The number of carbonyl (C=O) groups is 2. The fraction of sp³-hybridized carbons (Fsp3) is 0.706. The first-order valence-corrected chi connectivity index (χ1v) is 7.89. The van der Waals surface area contributed by atoms with Crippen LogP contribution in [0.3, 0.4) is 0 Å². The smallest absolute Gasteiger partial charge is 0.410 e. The van der Waals surface area contributed by atoms with Crippen LogP contribution in [0.25, 0.3) is 0 Å². The highest BCUT2D eigenvalue weighted by Crippen LogP contribution is 2.26. The zero-order valence-electron chi connectivity index (χ0n) is 14.4. The first-order valence-electron chi connectivity index (χ1n) is 7.89. The molecule has 0 aromatic heterocycles. The maximum atomic E-state index is 12.4. The van der Waals surface area contributed by atoms with E-state index < -0.39 is 17.7 Å². The molecule has 1 saturated heterocycles. The first-order chi connectivity index (χ1) is 10.6. The number of amides is 1. The summed E-state index contributed by atoms with van der Waals surface area (Å²) in [4.78, 5) is 25.3. The number of hydrogen-bond donors (Lipinski definition) is 0. The van der Waals surface area contributed by atoms with Gasteiger partial charge in [-0.25, -0.2) is 4.79 Å². The van der Waals surface area contributed by atoms with Crippen molar-refractivity contribution in [2.45, 2.75) is 71.1 Å². The Morgan fingerprint density at radius 3 is 2.57 bits per heavy atom. The Labute approximate surface area is 138 Å². The molecule has 0 aromatic rings. The van der Waals surface area contributed by atoms with Crippen LogP contribution in [0, 0.1) is 11.3 Å². The summed E-state index contributed by atoms with van der Waals surface area (Å²) in [5, 5.41) is 9.03. The maximum absolute atomic E-state index is 12.4. The molecule has 1 rings (SSSR count). The Bertz CT molecular complexity index is 502. The molecule has 0 N–H and O–H groups in total. The molecule has 2 atom stereocenters. The summed E-state index contributed by atoms with van der Waals surface area (Å²) in [7, 11) is 0. The van der Waals surface area contributed by atoms with Crippen LogP contribution in [-0.4, -0.2) is 41.3 Å². The molecule has 128 valence electrons. The fourth-order valence-corrected chi connectivity index (χ4v) is 2.59. The van der Waals surface area contributed by atoms with Crippen molar-refractivity contribution in [3.8, 4) is 6.07 Å². The molecule has 0 radical (unpaired) electrons. The molecule has 0 aliphatic carbocycles. The standard InChI is InChI=1S/C17H26N2O4/c1-12(11-18)15(22-13(2)20)10-14-8-6-7-9-19(14)16(21)23-17(3,4)5/h14-15H,1,6-10H2,2-5H3. The van der Waals surface area contributed by atoms with Crippen LogP contribution in [-0.2, 0) is 14.3 Å². The lowest BCUT2D eigenvalue weighted by Crippen LogP contribution is -2.47. The second-order valence-electron chi connectivity index (χ2n) is 6.79. The fourth-order valence-electron chi connectivity index (χ4n) is 2.59. The Morgan fingerprint density at radius 1 is 1.39 bits per heavy atom. The minimum atomic E-state index is -0.703. The lowest BCUT2D eigenvalue weighted by Gasteiger charge is -2.38. The van der Waals surface area contributed by atoms with Crippen molar-refractivity contribution >= 4 is 12.1 Å². The van der Waals surface area contributed by atoms with Gasteiger partial charge in [-0.15, -0.1) is 0 Å². The van der Waals surface area contributed by atoms with Gasteiger partial charge >= 0.3 is 12.1 Å². The number of esters is 1. The van der Waals surface area contributed by atoms with E-state index in [0.29, 0.717) is 13.0 Å². The average molecular weight is 322 g/mol. The Morgan fingerprint density at radius 2 is 2.04 bits per heavy atom. The molecule has 0 bridgehead atoms. The lowest BCUT2D eigenvalue weighted by molar-refractivity contribution is -0.145. The summed E-state index contributed by atoms with van der Waals surface area (Å²) in [5.74, 6) is -0.467. The summed E-state index contributed by atoms with van der Waals surface area (Å²) in [6, 6.07) is 1.80. The maximum Gasteiger partial charge on any atom is 0.410 e. The topological polar surface area (TPSA) is 79.6 Å². The van der Waals surface area contributed by atoms with Crippen molar-refractivity contribution in [3.05, 3.63) is 12.2 Å². The van der Waals surface area contributed by atoms with E-state index >= 15 is 0 Å². The zero-order valence-corrected chi connectivity index (χ0v) is 14.4. The normalized spacial score (nSPS) is 19.4. The van der Waals surface area contributed by atoms with Crippen molar-refractivity contribution in [1.82, 2.24) is 4.90 Å². The molecular formula is C17H26N2O4. The number of nitrogens with zero attached hydrogens (tertiary/aromatic N) is 2. The van der Waals surface area contributed by atoms with Gasteiger partial charge in [0.05, 0.1) is 11.6 Å². The van der Waals surface area contributed by atoms with Crippen LogP contribution in [0.1, 0.15) is 53.4 Å². The van der Waals surface area contributed by atoms with E-state index in [1.165, 1.54) is 6.92 Å². The minimum Gasteiger partial charge on any atom is -0.457 e. The van der Waals surface area contributed by atoms with Crippen molar-refractivity contribution in [2.24, 2.45) is 0 Å². The Balaban J connectivity index is 2.84. The van der Waals surface area contributed by atoms with Crippen LogP contribution >= 0.6 is 0 Å². The molecule has 0 saturated carbocycles. The third kappa shape index (κ3) is 6.31. The lowest BCUT2D eigenvalue weighted by atomic mass is 9.95. The molecule has 1 aliphatic heterocycles. The van der Waals surface area contributed by atoms with Crippen molar-refractivity contribution in [2.75, 3.05) is 6.54 Å². The third-order valence-corrected chi connectivity index (χ3v) is 3.58. The minimum absolute atomic E-state index is 0.131. The van der Waals surface area contributed by atoms with Crippen LogP contribution < -0.4 is 0 Å². The van der Waals surface area contributed by atoms with Crippen molar-refractivity contribution < 1.29 is 19.1 Å². The monoisotopic (exact) mass is 322 g/mol. The molecule has 2 unspecified atom stereocenters. The Kier molecular flexibility index (Phi) is 6.62. The van der Waals surface area contributed by atoms with E-state index in [1.54, 1.807) is 4.90 Å². The molecule has 0 aromatic carbocycles. The number of rotatable bonds is 4. The van der Waals surface area contributed by atoms with Crippen molar-refractivity contribution in [3.63, 3.8) is 0 Å². The van der Waals surface area contributed by atoms with Crippen molar-refractivity contribution in [1.29, 1.82) is 5.26 Å². The predicted octanol–water partition coefficient (Wildman–Crippen LogP) is 3.18. The molecule has 1 amide bonds. The molecule has 1 aliphatic rings. The van der Waals surface area contributed by atoms with E-state index in [0.717, 1.165) is 19.3 Å². The van der Waals surface area contributed by atoms with E-state index in [9.17, 15) is 9.59 Å². The van der Waals surface area contributed by atoms with Gasteiger partial charge in [0.25, 0.3) is 0 Å². The van der Waals surface area contributed by atoms with Crippen LogP contribution in [0.15, 0.2) is 12.2 Å². The van der Waals surface area contributed by atoms with Crippen LogP contribution in [0.2, 0.25) is 0 Å². The number of carbonyl (C=O) groups excluding carboxylic acids is 2. The zero-order chi connectivity index (χ0) is 17.6. The number of piperidine rings is 1. The average Bonchev–Trinajstić information content (AvgIpc) is 2.44. The second-order valence-corrected chi connectivity index (χ2v) is 6.79. The quantitative estimate of drug-likeness (QED) is 0.586. The molecule has 1 heterocycles. The van der Waals surface area contributed by atoms with Gasteiger partial charge in [-0.1, -0.05) is 6.58 Å². The second kappa shape index (κ2) is 8.00. The van der Waals surface area contributed by atoms with Gasteiger partial charge in [-0.2, -0.15) is 5.26 Å². The SMILES string of the molecule is C=C(C#N)C(CC1CCCCN1C(=O)OC(C)(C)C)OC(C)=O. The summed E-state index contributed by atoms with van der Waals surface area (Å²) >= 11 is 0. The van der Waals surface area contributed by atoms with Gasteiger partial charge in [0.1, 0.15) is 11.7 Å². The molecule has 6 heteroatoms. The molecule has 1 fully saturated rings. The number of likely N-dealkylation sites (tertiary alicyclic amines) is 1. The largest absolute Gasteiger partial charge is 0.457 e. The van der Waals surface area contributed by atoms with E-state index in [1.807, 2.05) is 26.8 Å². The van der Waals surface area contributed by atoms with Gasteiger partial charge in [0, 0.05) is 25.9 Å². The van der Waals surface area contributed by atoms with Crippen LogP contribution in [0.5, 0.6) is 0 Å². The summed E-state index contributed by atoms with van der Waals surface area (Å²) in [5.41, 5.74) is -0.375. The summed E-state index contributed by atoms with van der Waals surface area (Å²) in [6.45, 7) is 11.0. The Hall–Kier alpha value is -2.03. The molecule has 23 heavy (non-hydrogen) atoms. The molecule has 6 nitrogen and oxygen atoms in total. The third-order valence-electron chi connectivity index (χ3n) is 3.58. The van der Waals surface area contributed by atoms with E-state index in [2.05, 4.69) is 6.58 Å². The van der Waals surface area contributed by atoms with Crippen LogP contribution in [0.4, 0.5) is 4.79 Å². The molecular weight excluding hydrogens is 296 g/mol. The highest BCUT2D eigenvalue weighted by Gasteiger charge is 2.33. The van der Waals surface area contributed by atoms with Gasteiger partial charge in [-0.05, 0) is 40.0 Å². The van der Waals surface area contributed by atoms with E-state index in [-0.39, 0.29) is 17.7 Å². The first kappa shape index (κ1) is 19.0. The van der Waals surface area contributed by atoms with Gasteiger partial charge in [-0.3, -0.25) is 4.79 Å². The number of ether oxygens (including phenoxy) is 2. The van der Waals surface area contributed by atoms with Gasteiger partial charge < -0.3 is 14.4 Å². The van der Waals surface area contributed by atoms with Gasteiger partial charge in [0.2, 0.25) is 0 Å². The molecule has 0 spiro atoms. The predicted molar refractivity (Wildman–Crippen MR) is 85.5 cm³/mol. The highest BCUT2D eigenvalue weighted by atomic mass is 16.6. The summed E-state index contributed by atoms with van der Waals surface area (Å²) in [6.07, 6.45) is 1.97. The summed E-state index contributed by atoms with van der Waals surface area (Å²) < 4.78 is 10.6. The number of hydrogen-bond acceptors (Lipinski definition) is 5. The van der Waals surface area contributed by atoms with E-state index in [4.69, 9.17) is 14.7 Å². The number of nitriles is 1.